The number of esters is 1. The van der Waals surface area contributed by atoms with Crippen molar-refractivity contribution in [3.63, 3.8) is 0 Å². The van der Waals surface area contributed by atoms with Crippen LogP contribution in [0.1, 0.15) is 144 Å². The Kier molecular flexibility index (Phi) is 19.2. The molecule has 1 aliphatic rings. The van der Waals surface area contributed by atoms with Crippen LogP contribution in [-0.2, 0) is 14.3 Å². The van der Waals surface area contributed by atoms with Gasteiger partial charge in [-0.15, -0.1) is 0 Å². The quantitative estimate of drug-likeness (QED) is 0.128. The highest BCUT2D eigenvalue weighted by Crippen LogP contribution is 2.35. The van der Waals surface area contributed by atoms with Gasteiger partial charge in [0.05, 0.1) is 17.5 Å². The lowest BCUT2D eigenvalue weighted by Crippen LogP contribution is -2.18. The summed E-state index contributed by atoms with van der Waals surface area (Å²) in [6.45, 7) is 17.0. The first-order valence-electron chi connectivity index (χ1n) is 14.2. The lowest BCUT2D eigenvalue weighted by atomic mass is 10.0. The molecule has 2 unspecified atom stereocenters. The predicted molar refractivity (Wildman–Crippen MR) is 156 cm³/mol. The van der Waals surface area contributed by atoms with E-state index in [1.165, 1.54) is 44.9 Å². The van der Waals surface area contributed by atoms with Gasteiger partial charge in [-0.25, -0.2) is 4.68 Å². The standard InChI is InChI=1S/C28H46N2O3.C2H6.CH4/c1-6-8-9-10-11-12-13-14-15-16-28(31)32-21-24-17-20-27(33-24)26-19-18-25(23(5)22(3)4)30(26)29-7-2;1-2;/h7,18-19,22,24,27H,5-6,8-17,20-21H2,1-4H3;1-2H3;1H4/b29-7-;;. The number of allylic oxidation sites excluding steroid dienone is 1. The van der Waals surface area contributed by atoms with Gasteiger partial charge in [-0.1, -0.05) is 100.0 Å². The Hall–Kier alpha value is -1.88. The first-order valence-corrected chi connectivity index (χ1v) is 14.2. The third-order valence-corrected chi connectivity index (χ3v) is 6.49. The van der Waals surface area contributed by atoms with Crippen LogP contribution in [0, 0.1) is 5.92 Å². The molecule has 0 bridgehead atoms. The number of hydrogen-bond acceptors (Lipinski definition) is 4. The maximum absolute atomic E-state index is 12.1. The molecule has 208 valence electrons. The lowest BCUT2D eigenvalue weighted by Gasteiger charge is -2.17. The van der Waals surface area contributed by atoms with E-state index in [4.69, 9.17) is 9.47 Å². The van der Waals surface area contributed by atoms with E-state index in [1.54, 1.807) is 6.21 Å². The Bertz CT molecular complexity index is 751. The van der Waals surface area contributed by atoms with Crippen molar-refractivity contribution >= 4 is 17.8 Å². The molecular weight excluding hydrogens is 448 g/mol. The van der Waals surface area contributed by atoms with E-state index in [2.05, 4.69) is 44.6 Å². The Balaban J connectivity index is 0.00000398. The van der Waals surface area contributed by atoms with Crippen molar-refractivity contribution in [1.82, 2.24) is 4.68 Å². The van der Waals surface area contributed by atoms with Crippen LogP contribution in [0.4, 0.5) is 0 Å². The third kappa shape index (κ3) is 11.9. The molecule has 0 saturated carbocycles. The van der Waals surface area contributed by atoms with Crippen LogP contribution in [0.25, 0.3) is 5.57 Å². The summed E-state index contributed by atoms with van der Waals surface area (Å²) < 4.78 is 13.7. The average molecular weight is 505 g/mol. The fraction of sp³-hybridized carbons (Fsp3) is 0.742. The molecule has 1 fully saturated rings. The van der Waals surface area contributed by atoms with Gasteiger partial charge in [0.1, 0.15) is 12.7 Å². The zero-order valence-electron chi connectivity index (χ0n) is 23.5. The Morgan fingerprint density at radius 1 is 1.11 bits per heavy atom. The minimum atomic E-state index is -0.0977. The van der Waals surface area contributed by atoms with Gasteiger partial charge in [0, 0.05) is 12.6 Å². The molecule has 0 aliphatic carbocycles. The van der Waals surface area contributed by atoms with Crippen LogP contribution in [0.2, 0.25) is 0 Å². The zero-order valence-corrected chi connectivity index (χ0v) is 23.5. The molecule has 1 aliphatic heterocycles. The van der Waals surface area contributed by atoms with Crippen molar-refractivity contribution in [1.29, 1.82) is 0 Å². The van der Waals surface area contributed by atoms with Crippen LogP contribution in [-0.4, -0.2) is 29.6 Å². The van der Waals surface area contributed by atoms with Gasteiger partial charge in [0.15, 0.2) is 0 Å². The Morgan fingerprint density at radius 2 is 1.72 bits per heavy atom. The summed E-state index contributed by atoms with van der Waals surface area (Å²) in [5, 5.41) is 4.55. The molecule has 2 rings (SSSR count). The summed E-state index contributed by atoms with van der Waals surface area (Å²) in [4.78, 5) is 12.1. The molecule has 0 aromatic carbocycles. The van der Waals surface area contributed by atoms with Gasteiger partial charge in [-0.2, -0.15) is 5.10 Å². The fourth-order valence-electron chi connectivity index (χ4n) is 4.36. The number of aromatic nitrogens is 1. The summed E-state index contributed by atoms with van der Waals surface area (Å²) in [6, 6.07) is 4.16. The van der Waals surface area contributed by atoms with E-state index in [9.17, 15) is 4.79 Å². The number of unbranched alkanes of at least 4 members (excludes halogenated alkanes) is 8. The number of carbonyl (C=O) groups excluding carboxylic acids is 1. The monoisotopic (exact) mass is 504 g/mol. The van der Waals surface area contributed by atoms with Crippen molar-refractivity contribution < 1.29 is 14.3 Å². The molecule has 5 nitrogen and oxygen atoms in total. The highest BCUT2D eigenvalue weighted by molar-refractivity contribution is 5.69. The highest BCUT2D eigenvalue weighted by Gasteiger charge is 2.30. The van der Waals surface area contributed by atoms with E-state index in [-0.39, 0.29) is 25.6 Å². The molecule has 1 saturated heterocycles. The molecule has 1 aromatic heterocycles. The smallest absolute Gasteiger partial charge is 0.305 e. The molecule has 0 spiro atoms. The number of carbonyl (C=O) groups is 1. The van der Waals surface area contributed by atoms with Crippen LogP contribution < -0.4 is 0 Å². The van der Waals surface area contributed by atoms with Crippen LogP contribution >= 0.6 is 0 Å². The summed E-state index contributed by atoms with van der Waals surface area (Å²) in [6.07, 6.45) is 15.2. The molecule has 0 radical (unpaired) electrons. The molecule has 36 heavy (non-hydrogen) atoms. The lowest BCUT2D eigenvalue weighted by molar-refractivity contribution is -0.147. The number of hydrogen-bond donors (Lipinski definition) is 0. The van der Waals surface area contributed by atoms with Gasteiger partial charge in [0.25, 0.3) is 0 Å². The minimum Gasteiger partial charge on any atom is -0.463 e. The normalized spacial score (nSPS) is 17.1. The van der Waals surface area contributed by atoms with Gasteiger partial charge >= 0.3 is 5.97 Å². The molecule has 2 heterocycles. The van der Waals surface area contributed by atoms with Gasteiger partial charge in [0.2, 0.25) is 0 Å². The predicted octanol–water partition coefficient (Wildman–Crippen LogP) is 9.36. The van der Waals surface area contributed by atoms with E-state index >= 15 is 0 Å². The highest BCUT2D eigenvalue weighted by atomic mass is 16.6. The first-order chi connectivity index (χ1) is 17.0. The first kappa shape index (κ1) is 34.1. The van der Waals surface area contributed by atoms with Crippen LogP contribution in [0.15, 0.2) is 23.8 Å². The molecule has 2 atom stereocenters. The van der Waals surface area contributed by atoms with E-state index < -0.39 is 0 Å². The van der Waals surface area contributed by atoms with E-state index in [0.29, 0.717) is 18.9 Å². The van der Waals surface area contributed by atoms with E-state index in [0.717, 1.165) is 42.6 Å². The van der Waals surface area contributed by atoms with Gasteiger partial charge < -0.3 is 9.47 Å². The maximum Gasteiger partial charge on any atom is 0.305 e. The summed E-state index contributed by atoms with van der Waals surface area (Å²) in [5.41, 5.74) is 3.12. The second-order valence-corrected chi connectivity index (χ2v) is 9.59. The molecule has 5 heteroatoms. The van der Waals surface area contributed by atoms with Crippen molar-refractivity contribution in [2.24, 2.45) is 11.0 Å². The Labute approximate surface area is 222 Å². The zero-order chi connectivity index (χ0) is 26.1. The average Bonchev–Trinajstić information content (AvgIpc) is 3.49. The molecular formula is C31H56N2O3. The van der Waals surface area contributed by atoms with Crippen molar-refractivity contribution in [3.8, 4) is 0 Å². The third-order valence-electron chi connectivity index (χ3n) is 6.49. The van der Waals surface area contributed by atoms with E-state index in [1.807, 2.05) is 25.4 Å². The van der Waals surface area contributed by atoms with Crippen LogP contribution in [0.3, 0.4) is 0 Å². The SMILES string of the molecule is C.C=C(c1ccc(C2CCC(COC(=O)CCCCCCCCCCC)O2)n1/N=C\C)C(C)C.CC. The van der Waals surface area contributed by atoms with Crippen molar-refractivity contribution in [2.75, 3.05) is 6.61 Å². The number of nitrogens with zero attached hydrogens (tertiary/aromatic N) is 2. The maximum atomic E-state index is 12.1. The van der Waals surface area contributed by atoms with Gasteiger partial charge in [-0.3, -0.25) is 4.79 Å². The van der Waals surface area contributed by atoms with Crippen molar-refractivity contribution in [2.45, 2.75) is 138 Å². The largest absolute Gasteiger partial charge is 0.463 e. The molecule has 0 N–H and O–H groups in total. The second kappa shape index (κ2) is 20.2. The summed E-state index contributed by atoms with van der Waals surface area (Å²) >= 11 is 0. The van der Waals surface area contributed by atoms with Crippen LogP contribution in [0.5, 0.6) is 0 Å². The second-order valence-electron chi connectivity index (χ2n) is 9.59. The van der Waals surface area contributed by atoms with Gasteiger partial charge in [-0.05, 0) is 49.8 Å². The van der Waals surface area contributed by atoms with Crippen molar-refractivity contribution in [3.05, 3.63) is 30.1 Å². The Morgan fingerprint density at radius 3 is 2.31 bits per heavy atom. The fourth-order valence-corrected chi connectivity index (χ4v) is 4.36. The molecule has 0 amide bonds. The topological polar surface area (TPSA) is 52.8 Å². The minimum absolute atomic E-state index is 0. The molecule has 1 aromatic rings. The summed E-state index contributed by atoms with van der Waals surface area (Å²) in [5.74, 6) is 0.250. The summed E-state index contributed by atoms with van der Waals surface area (Å²) in [7, 11) is 0. The number of rotatable bonds is 16. The number of ether oxygens (including phenoxy) is 2.